The summed E-state index contributed by atoms with van der Waals surface area (Å²) in [5.41, 5.74) is 3.20. The molecular weight excluding hydrogens is 624 g/mol. The van der Waals surface area contributed by atoms with Crippen molar-refractivity contribution in [1.82, 2.24) is 9.80 Å². The predicted octanol–water partition coefficient (Wildman–Crippen LogP) is 8.13. The van der Waals surface area contributed by atoms with Crippen LogP contribution < -0.4 is 9.47 Å². The van der Waals surface area contributed by atoms with Crippen LogP contribution >= 0.6 is 0 Å². The summed E-state index contributed by atoms with van der Waals surface area (Å²) in [7, 11) is 0. The Balaban J connectivity index is 1.04. The Morgan fingerprint density at radius 2 is 1.74 bits per heavy atom. The van der Waals surface area contributed by atoms with Crippen molar-refractivity contribution in [3.8, 4) is 17.2 Å². The molecule has 7 nitrogen and oxygen atoms in total. The molecule has 2 aromatic rings. The third kappa shape index (κ3) is 6.57. The summed E-state index contributed by atoms with van der Waals surface area (Å²) in [5.74, 6) is 2.85. The van der Waals surface area contributed by atoms with Gasteiger partial charge < -0.3 is 19.5 Å². The number of nitrogens with zero attached hydrogens (tertiary/aromatic N) is 2. The largest absolute Gasteiger partial charge is 0.508 e. The monoisotopic (exact) mass is 682 g/mol. The van der Waals surface area contributed by atoms with Gasteiger partial charge in [-0.15, -0.1) is 0 Å². The lowest BCUT2D eigenvalue weighted by molar-refractivity contribution is -0.144. The van der Waals surface area contributed by atoms with Gasteiger partial charge in [0.2, 0.25) is 5.91 Å². The first-order valence-electron chi connectivity index (χ1n) is 20.2. The van der Waals surface area contributed by atoms with Gasteiger partial charge in [0.05, 0.1) is 6.04 Å². The molecule has 270 valence electrons. The number of likely N-dealkylation sites (tertiary alicyclic amines) is 1. The highest BCUT2D eigenvalue weighted by Gasteiger charge is 2.67. The van der Waals surface area contributed by atoms with Gasteiger partial charge in [-0.3, -0.25) is 14.5 Å². The number of rotatable bonds is 14. The van der Waals surface area contributed by atoms with Gasteiger partial charge in [0.1, 0.15) is 11.9 Å². The Hall–Kier alpha value is -3.06. The first kappa shape index (κ1) is 34.0. The molecule has 0 radical (unpaired) electrons. The van der Waals surface area contributed by atoms with Gasteiger partial charge >= 0.3 is 5.97 Å². The van der Waals surface area contributed by atoms with Gasteiger partial charge in [-0.1, -0.05) is 68.9 Å². The first-order chi connectivity index (χ1) is 24.4. The van der Waals surface area contributed by atoms with E-state index in [2.05, 4.69) is 40.1 Å². The number of phenolic OH excluding ortho intramolecular Hbond substituents is 1. The molecule has 4 fully saturated rings. The molecule has 1 N–H and O–H groups in total. The average molecular weight is 683 g/mol. The highest BCUT2D eigenvalue weighted by atomic mass is 16.6. The number of amides is 1. The third-order valence-corrected chi connectivity index (χ3v) is 13.5. The molecule has 7 heteroatoms. The van der Waals surface area contributed by atoms with Gasteiger partial charge in [0.15, 0.2) is 11.5 Å². The zero-order chi connectivity index (χ0) is 34.2. The summed E-state index contributed by atoms with van der Waals surface area (Å²) in [5, 5.41) is 11.5. The SMILES string of the molecule is CC(=O)Oc1cc(O)c2c3c1O[C@H]1[C@H](N(CC4CCCCC4)C(=O)CCCCCCCc4ccccc4)CC[C@H]4[C@@H](C2)N(CC2CC2)CC[C@@]341. The number of unbranched alkanes of at least 4 members (excludes halogenated alkanes) is 4. The number of piperidine rings is 1. The summed E-state index contributed by atoms with van der Waals surface area (Å²) in [4.78, 5) is 31.8. The van der Waals surface area contributed by atoms with E-state index in [1.807, 2.05) is 0 Å². The Kier molecular flexibility index (Phi) is 9.89. The number of hydrogen-bond donors (Lipinski definition) is 1. The fraction of sp³-hybridized carbons (Fsp3) is 0.674. The quantitative estimate of drug-likeness (QED) is 0.123. The van der Waals surface area contributed by atoms with Crippen molar-refractivity contribution in [2.45, 2.75) is 146 Å². The molecule has 50 heavy (non-hydrogen) atoms. The van der Waals surface area contributed by atoms with Crippen molar-refractivity contribution in [2.75, 3.05) is 19.6 Å². The van der Waals surface area contributed by atoms with E-state index in [-0.39, 0.29) is 23.3 Å². The second-order valence-electron chi connectivity index (χ2n) is 16.8. The van der Waals surface area contributed by atoms with Crippen LogP contribution in [-0.4, -0.2) is 64.6 Å². The maximum absolute atomic E-state index is 14.5. The van der Waals surface area contributed by atoms with E-state index in [4.69, 9.17) is 9.47 Å². The van der Waals surface area contributed by atoms with E-state index < -0.39 is 5.97 Å². The number of aryl methyl sites for hydroxylation is 1. The molecule has 1 spiro atoms. The summed E-state index contributed by atoms with van der Waals surface area (Å²) < 4.78 is 12.9. The molecule has 2 bridgehead atoms. The van der Waals surface area contributed by atoms with E-state index in [1.54, 1.807) is 6.07 Å². The second kappa shape index (κ2) is 14.5. The number of phenols is 1. The molecule has 3 saturated carbocycles. The van der Waals surface area contributed by atoms with Crippen LogP contribution in [0.1, 0.15) is 126 Å². The number of ether oxygens (including phenoxy) is 2. The van der Waals surface area contributed by atoms with Crippen molar-refractivity contribution in [3.63, 3.8) is 0 Å². The van der Waals surface area contributed by atoms with Crippen LogP contribution in [0.15, 0.2) is 36.4 Å². The zero-order valence-corrected chi connectivity index (χ0v) is 30.3. The topological polar surface area (TPSA) is 79.3 Å². The minimum Gasteiger partial charge on any atom is -0.508 e. The van der Waals surface area contributed by atoms with E-state index in [0.29, 0.717) is 41.7 Å². The second-order valence-corrected chi connectivity index (χ2v) is 16.8. The van der Waals surface area contributed by atoms with Crippen molar-refractivity contribution in [2.24, 2.45) is 17.8 Å². The van der Waals surface area contributed by atoms with Gasteiger partial charge in [-0.25, -0.2) is 0 Å². The van der Waals surface area contributed by atoms with Crippen molar-refractivity contribution in [3.05, 3.63) is 53.1 Å². The van der Waals surface area contributed by atoms with E-state index >= 15 is 0 Å². The molecule has 5 atom stereocenters. The molecule has 1 amide bonds. The highest BCUT2D eigenvalue weighted by molar-refractivity contribution is 5.77. The van der Waals surface area contributed by atoms with Crippen LogP contribution in [0, 0.1) is 17.8 Å². The van der Waals surface area contributed by atoms with Crippen LogP contribution in [-0.2, 0) is 27.8 Å². The van der Waals surface area contributed by atoms with Gasteiger partial charge in [-0.2, -0.15) is 0 Å². The molecule has 4 aliphatic carbocycles. The summed E-state index contributed by atoms with van der Waals surface area (Å²) in [6.07, 6.45) is 19.8. The molecule has 6 aliphatic rings. The third-order valence-electron chi connectivity index (χ3n) is 13.5. The van der Waals surface area contributed by atoms with Crippen LogP contribution in [0.25, 0.3) is 0 Å². The minimum absolute atomic E-state index is 0.0205. The fourth-order valence-electron chi connectivity index (χ4n) is 11.1. The lowest BCUT2D eigenvalue weighted by Crippen LogP contribution is -2.69. The van der Waals surface area contributed by atoms with Crippen molar-refractivity contribution < 1.29 is 24.2 Å². The number of esters is 1. The number of hydrogen-bond acceptors (Lipinski definition) is 6. The maximum atomic E-state index is 14.5. The first-order valence-corrected chi connectivity index (χ1v) is 20.2. The summed E-state index contributed by atoms with van der Waals surface area (Å²) >= 11 is 0. The fourth-order valence-corrected chi connectivity index (χ4v) is 11.1. The maximum Gasteiger partial charge on any atom is 0.308 e. The molecule has 2 heterocycles. The molecule has 2 aliphatic heterocycles. The smallest absolute Gasteiger partial charge is 0.308 e. The van der Waals surface area contributed by atoms with Crippen LogP contribution in [0.4, 0.5) is 0 Å². The average Bonchev–Trinajstić information content (AvgIpc) is 3.87. The zero-order valence-electron chi connectivity index (χ0n) is 30.3. The molecule has 2 aromatic carbocycles. The Bertz CT molecular complexity index is 1530. The Morgan fingerprint density at radius 1 is 0.960 bits per heavy atom. The number of carbonyl (C=O) groups excluding carboxylic acids is 2. The van der Waals surface area contributed by atoms with Crippen molar-refractivity contribution in [1.29, 1.82) is 0 Å². The van der Waals surface area contributed by atoms with E-state index in [1.165, 1.54) is 76.7 Å². The van der Waals surface area contributed by atoms with Gasteiger partial charge in [-0.05, 0) is 100 Å². The van der Waals surface area contributed by atoms with Crippen molar-refractivity contribution >= 4 is 11.9 Å². The van der Waals surface area contributed by atoms with Crippen LogP contribution in [0.2, 0.25) is 0 Å². The minimum atomic E-state index is -0.410. The highest BCUT2D eigenvalue weighted by Crippen LogP contribution is 2.66. The van der Waals surface area contributed by atoms with Crippen LogP contribution in [0.5, 0.6) is 17.2 Å². The molecule has 0 aromatic heterocycles. The van der Waals surface area contributed by atoms with Crippen LogP contribution in [0.3, 0.4) is 0 Å². The molecule has 1 saturated heterocycles. The van der Waals surface area contributed by atoms with E-state index in [9.17, 15) is 14.7 Å². The molecule has 0 unspecified atom stereocenters. The van der Waals surface area contributed by atoms with Gasteiger partial charge in [0, 0.05) is 55.1 Å². The lowest BCUT2D eigenvalue weighted by Gasteiger charge is -2.60. The molecule has 8 rings (SSSR count). The van der Waals surface area contributed by atoms with E-state index in [0.717, 1.165) is 81.6 Å². The summed E-state index contributed by atoms with van der Waals surface area (Å²) in [6, 6.07) is 12.7. The Morgan fingerprint density at radius 3 is 2.52 bits per heavy atom. The number of aromatic hydroxyl groups is 1. The number of carbonyl (C=O) groups is 2. The lowest BCUT2D eigenvalue weighted by atomic mass is 9.50. The predicted molar refractivity (Wildman–Crippen MR) is 195 cm³/mol. The van der Waals surface area contributed by atoms with Gasteiger partial charge in [0.25, 0.3) is 0 Å². The normalized spacial score (nSPS) is 28.5. The Labute approximate surface area is 299 Å². The number of benzene rings is 2. The molecular formula is C43H58N2O5. The summed E-state index contributed by atoms with van der Waals surface area (Å²) in [6.45, 7) is 4.40. The standard InChI is InChI=1S/C43H58N2O5/c1-29(46)49-38-26-37(47)33-25-36-34-21-22-35(42-43(34,40(33)41(38)50-42)23-24-44(36)27-32-19-20-32)45(28-31-16-10-6-11-17-31)39(48)18-12-4-2-3-7-13-30-14-8-5-9-15-30/h5,8-9,14-15,26,31-32,34-36,42,47H,2-4,6-7,10-13,16-25,27-28H2,1H3/t34-,35+,36+,42-,43-/m0/s1.